The molecule has 1 aromatic heterocycles. The second-order valence-electron chi connectivity index (χ2n) is 3.47. The minimum atomic E-state index is 0.126. The van der Waals surface area contributed by atoms with Crippen molar-refractivity contribution in [2.45, 2.75) is 32.3 Å². The third kappa shape index (κ3) is 1.86. The third-order valence-electron chi connectivity index (χ3n) is 2.41. The molecular formula is C10H13NO2S. The quantitative estimate of drug-likeness (QED) is 0.705. The molecule has 1 unspecified atom stereocenters. The fourth-order valence-electron chi connectivity index (χ4n) is 1.61. The number of carbonyl (C=O) groups excluding carboxylic acids is 1. The summed E-state index contributed by atoms with van der Waals surface area (Å²) >= 11 is 1.46. The normalized spacial score (nSPS) is 22.2. The van der Waals surface area contributed by atoms with E-state index < -0.39 is 0 Å². The zero-order valence-electron chi connectivity index (χ0n) is 8.16. The van der Waals surface area contributed by atoms with Gasteiger partial charge in [0.25, 0.3) is 0 Å². The highest BCUT2D eigenvalue weighted by Gasteiger charge is 2.20. The van der Waals surface area contributed by atoms with Crippen LogP contribution >= 0.6 is 11.3 Å². The van der Waals surface area contributed by atoms with Gasteiger partial charge in [0.2, 0.25) is 0 Å². The second-order valence-corrected chi connectivity index (χ2v) is 4.54. The van der Waals surface area contributed by atoms with Gasteiger partial charge < -0.3 is 4.74 Å². The molecular weight excluding hydrogens is 198 g/mol. The Balaban J connectivity index is 2.18. The molecule has 14 heavy (non-hydrogen) atoms. The van der Waals surface area contributed by atoms with Gasteiger partial charge in [-0.3, -0.25) is 4.79 Å². The van der Waals surface area contributed by atoms with E-state index in [0.29, 0.717) is 0 Å². The van der Waals surface area contributed by atoms with E-state index in [9.17, 15) is 4.79 Å². The highest BCUT2D eigenvalue weighted by atomic mass is 32.1. The van der Waals surface area contributed by atoms with Gasteiger partial charge in [0, 0.05) is 6.61 Å². The van der Waals surface area contributed by atoms with Crippen LogP contribution in [0, 0.1) is 6.92 Å². The summed E-state index contributed by atoms with van der Waals surface area (Å²) in [6.45, 7) is 2.69. The Bertz CT molecular complexity index is 329. The highest BCUT2D eigenvalue weighted by molar-refractivity contribution is 7.13. The van der Waals surface area contributed by atoms with Gasteiger partial charge in [-0.05, 0) is 26.2 Å². The smallest absolute Gasteiger partial charge is 0.161 e. The minimum absolute atomic E-state index is 0.126. The molecule has 1 aliphatic rings. The van der Waals surface area contributed by atoms with Gasteiger partial charge in [0.05, 0.1) is 10.6 Å². The number of aryl methyl sites for hydroxylation is 1. The SMILES string of the molecule is Cc1nc(C2CCCCO2)sc1C=O. The van der Waals surface area contributed by atoms with E-state index in [1.807, 2.05) is 6.92 Å². The first-order chi connectivity index (χ1) is 6.81. The van der Waals surface area contributed by atoms with Crippen molar-refractivity contribution in [1.82, 2.24) is 4.98 Å². The Labute approximate surface area is 87.1 Å². The highest BCUT2D eigenvalue weighted by Crippen LogP contribution is 2.31. The van der Waals surface area contributed by atoms with Crippen molar-refractivity contribution in [3.63, 3.8) is 0 Å². The molecule has 1 fully saturated rings. The largest absolute Gasteiger partial charge is 0.371 e. The molecule has 1 atom stereocenters. The van der Waals surface area contributed by atoms with E-state index in [2.05, 4.69) is 4.98 Å². The van der Waals surface area contributed by atoms with Crippen LogP contribution in [-0.2, 0) is 4.74 Å². The first kappa shape index (κ1) is 9.80. The van der Waals surface area contributed by atoms with Gasteiger partial charge in [-0.1, -0.05) is 0 Å². The number of thiazole rings is 1. The molecule has 0 aromatic carbocycles. The Morgan fingerprint density at radius 1 is 1.57 bits per heavy atom. The monoisotopic (exact) mass is 211 g/mol. The van der Waals surface area contributed by atoms with Gasteiger partial charge >= 0.3 is 0 Å². The van der Waals surface area contributed by atoms with Crippen LogP contribution in [0.1, 0.15) is 45.7 Å². The molecule has 2 rings (SSSR count). The van der Waals surface area contributed by atoms with Crippen molar-refractivity contribution in [2.24, 2.45) is 0 Å². The maximum atomic E-state index is 10.7. The number of hydrogen-bond acceptors (Lipinski definition) is 4. The maximum absolute atomic E-state index is 10.7. The number of carbonyl (C=O) groups is 1. The summed E-state index contributed by atoms with van der Waals surface area (Å²) in [6.07, 6.45) is 4.37. The van der Waals surface area contributed by atoms with Crippen LogP contribution < -0.4 is 0 Å². The standard InChI is InChI=1S/C10H13NO2S/c1-7-9(6-12)14-10(11-7)8-4-2-3-5-13-8/h6,8H,2-5H2,1H3. The van der Waals surface area contributed by atoms with Gasteiger partial charge in [0.15, 0.2) is 6.29 Å². The molecule has 0 saturated carbocycles. The molecule has 4 heteroatoms. The first-order valence-electron chi connectivity index (χ1n) is 4.85. The lowest BCUT2D eigenvalue weighted by Crippen LogP contribution is -2.11. The van der Waals surface area contributed by atoms with Crippen LogP contribution in [0.15, 0.2) is 0 Å². The fraction of sp³-hybridized carbons (Fsp3) is 0.600. The lowest BCUT2D eigenvalue weighted by atomic mass is 10.1. The van der Waals surface area contributed by atoms with Crippen LogP contribution in [0.5, 0.6) is 0 Å². The summed E-state index contributed by atoms with van der Waals surface area (Å²) in [5.41, 5.74) is 0.828. The molecule has 0 radical (unpaired) electrons. The van der Waals surface area contributed by atoms with Crippen molar-refractivity contribution in [3.05, 3.63) is 15.6 Å². The lowest BCUT2D eigenvalue weighted by Gasteiger charge is -2.20. The van der Waals surface area contributed by atoms with E-state index in [1.165, 1.54) is 17.8 Å². The van der Waals surface area contributed by atoms with Crippen molar-refractivity contribution in [3.8, 4) is 0 Å². The Hall–Kier alpha value is -0.740. The van der Waals surface area contributed by atoms with Crippen LogP contribution in [0.2, 0.25) is 0 Å². The summed E-state index contributed by atoms with van der Waals surface area (Å²) in [6, 6.07) is 0. The number of ether oxygens (including phenoxy) is 1. The van der Waals surface area contributed by atoms with Crippen LogP contribution in [0.3, 0.4) is 0 Å². The van der Waals surface area contributed by atoms with E-state index in [0.717, 1.165) is 41.3 Å². The topological polar surface area (TPSA) is 39.2 Å². The molecule has 76 valence electrons. The van der Waals surface area contributed by atoms with E-state index in [4.69, 9.17) is 4.74 Å². The third-order valence-corrected chi connectivity index (χ3v) is 3.59. The molecule has 2 heterocycles. The minimum Gasteiger partial charge on any atom is -0.371 e. The first-order valence-corrected chi connectivity index (χ1v) is 5.67. The van der Waals surface area contributed by atoms with Crippen LogP contribution in [0.4, 0.5) is 0 Å². The van der Waals surface area contributed by atoms with E-state index in [1.54, 1.807) is 0 Å². The molecule has 0 aliphatic carbocycles. The summed E-state index contributed by atoms with van der Waals surface area (Å²) in [5.74, 6) is 0. The second kappa shape index (κ2) is 4.19. The number of aldehydes is 1. The predicted molar refractivity (Wildman–Crippen MR) is 54.8 cm³/mol. The molecule has 0 bridgehead atoms. The van der Waals surface area contributed by atoms with Crippen molar-refractivity contribution in [1.29, 1.82) is 0 Å². The number of rotatable bonds is 2. The van der Waals surface area contributed by atoms with Gasteiger partial charge in [0.1, 0.15) is 11.1 Å². The van der Waals surface area contributed by atoms with Gasteiger partial charge in [-0.15, -0.1) is 11.3 Å². The molecule has 1 saturated heterocycles. The maximum Gasteiger partial charge on any atom is 0.161 e. The molecule has 0 spiro atoms. The Morgan fingerprint density at radius 2 is 2.43 bits per heavy atom. The van der Waals surface area contributed by atoms with Crippen molar-refractivity contribution in [2.75, 3.05) is 6.61 Å². The summed E-state index contributed by atoms with van der Waals surface area (Å²) in [5, 5.41) is 0.962. The van der Waals surface area contributed by atoms with Crippen LogP contribution in [0.25, 0.3) is 0 Å². The van der Waals surface area contributed by atoms with Crippen molar-refractivity contribution >= 4 is 17.6 Å². The summed E-state index contributed by atoms with van der Waals surface area (Å²) in [7, 11) is 0. The number of hydrogen-bond donors (Lipinski definition) is 0. The number of aromatic nitrogens is 1. The molecule has 3 nitrogen and oxygen atoms in total. The average Bonchev–Trinajstić information content (AvgIpc) is 2.61. The lowest BCUT2D eigenvalue weighted by molar-refractivity contribution is 0.0148. The molecule has 1 aromatic rings. The van der Waals surface area contributed by atoms with Gasteiger partial charge in [-0.2, -0.15) is 0 Å². The average molecular weight is 211 g/mol. The Morgan fingerprint density at radius 3 is 3.00 bits per heavy atom. The predicted octanol–water partition coefficient (Wildman–Crippen LogP) is 2.51. The van der Waals surface area contributed by atoms with Crippen LogP contribution in [-0.4, -0.2) is 17.9 Å². The van der Waals surface area contributed by atoms with E-state index >= 15 is 0 Å². The summed E-state index contributed by atoms with van der Waals surface area (Å²) < 4.78 is 5.61. The Kier molecular flexibility index (Phi) is 2.93. The zero-order chi connectivity index (χ0) is 9.97. The summed E-state index contributed by atoms with van der Waals surface area (Å²) in [4.78, 5) is 15.8. The number of nitrogens with zero attached hydrogens (tertiary/aromatic N) is 1. The van der Waals surface area contributed by atoms with Crippen molar-refractivity contribution < 1.29 is 9.53 Å². The fourth-order valence-corrected chi connectivity index (χ4v) is 2.58. The van der Waals surface area contributed by atoms with Gasteiger partial charge in [-0.25, -0.2) is 4.98 Å². The van der Waals surface area contributed by atoms with E-state index in [-0.39, 0.29) is 6.10 Å². The molecule has 0 amide bonds. The molecule has 1 aliphatic heterocycles. The zero-order valence-corrected chi connectivity index (χ0v) is 8.97. The molecule has 0 N–H and O–H groups in total.